The highest BCUT2D eigenvalue weighted by Gasteiger charge is 2.32. The fourth-order valence-corrected chi connectivity index (χ4v) is 3.53. The van der Waals surface area contributed by atoms with Crippen molar-refractivity contribution in [3.8, 4) is 0 Å². The summed E-state index contributed by atoms with van der Waals surface area (Å²) < 4.78 is 0. The van der Waals surface area contributed by atoms with Gasteiger partial charge in [0, 0.05) is 17.1 Å². The predicted molar refractivity (Wildman–Crippen MR) is 128 cm³/mol. The lowest BCUT2D eigenvalue weighted by Crippen LogP contribution is -2.59. The van der Waals surface area contributed by atoms with Crippen LogP contribution in [-0.4, -0.2) is 80.7 Å². The quantitative estimate of drug-likeness (QED) is 0.162. The van der Waals surface area contributed by atoms with Crippen LogP contribution in [0, 0.1) is 5.92 Å². The van der Waals surface area contributed by atoms with Crippen LogP contribution in [0.4, 0.5) is 0 Å². The van der Waals surface area contributed by atoms with Gasteiger partial charge in [0.1, 0.15) is 18.1 Å². The highest BCUT2D eigenvalue weighted by Crippen LogP contribution is 2.19. The van der Waals surface area contributed by atoms with Crippen molar-refractivity contribution in [3.63, 3.8) is 0 Å². The Kier molecular flexibility index (Phi) is 9.93. The maximum Gasteiger partial charge on any atom is 0.326 e. The number of nitrogens with one attached hydrogen (secondary N) is 4. The third-order valence-corrected chi connectivity index (χ3v) is 5.51. The van der Waals surface area contributed by atoms with Crippen LogP contribution in [0.5, 0.6) is 0 Å². The first-order chi connectivity index (χ1) is 16.9. The van der Waals surface area contributed by atoms with Crippen molar-refractivity contribution < 1.29 is 39.3 Å². The molecule has 36 heavy (non-hydrogen) atoms. The van der Waals surface area contributed by atoms with Crippen molar-refractivity contribution in [2.45, 2.75) is 50.9 Å². The molecule has 1 aromatic carbocycles. The molecule has 13 heteroatoms. The van der Waals surface area contributed by atoms with Crippen LogP contribution in [0.1, 0.15) is 25.8 Å². The van der Waals surface area contributed by atoms with Crippen LogP contribution in [0.2, 0.25) is 0 Å². The molecule has 0 bridgehead atoms. The number of para-hydroxylation sites is 1. The second-order valence-electron chi connectivity index (χ2n) is 8.64. The number of nitrogens with two attached hydrogens (primary N) is 1. The van der Waals surface area contributed by atoms with Crippen LogP contribution in [0.3, 0.4) is 0 Å². The zero-order valence-corrected chi connectivity index (χ0v) is 19.9. The van der Waals surface area contributed by atoms with E-state index in [1.807, 2.05) is 29.6 Å². The molecule has 0 saturated heterocycles. The summed E-state index contributed by atoms with van der Waals surface area (Å²) in [4.78, 5) is 63.0. The average molecular weight is 506 g/mol. The van der Waals surface area contributed by atoms with Crippen molar-refractivity contribution in [1.82, 2.24) is 20.9 Å². The molecule has 4 unspecified atom stereocenters. The highest BCUT2D eigenvalue weighted by atomic mass is 16.4. The van der Waals surface area contributed by atoms with Gasteiger partial charge in [0.15, 0.2) is 0 Å². The number of hydrogen-bond acceptors (Lipinski definition) is 7. The lowest BCUT2D eigenvalue weighted by atomic mass is 10.0. The Morgan fingerprint density at radius 1 is 0.944 bits per heavy atom. The van der Waals surface area contributed by atoms with E-state index in [-0.39, 0.29) is 6.42 Å². The number of hydrogen-bond donors (Lipinski definition) is 8. The van der Waals surface area contributed by atoms with Gasteiger partial charge in [0.25, 0.3) is 0 Å². The Bertz CT molecular complexity index is 1110. The molecule has 3 amide bonds. The van der Waals surface area contributed by atoms with Gasteiger partial charge in [-0.3, -0.25) is 19.2 Å². The summed E-state index contributed by atoms with van der Waals surface area (Å²) in [5, 5.41) is 35.1. The number of aromatic amines is 1. The number of aliphatic hydroxyl groups excluding tert-OH is 1. The zero-order valence-electron chi connectivity index (χ0n) is 19.9. The fourth-order valence-electron chi connectivity index (χ4n) is 3.53. The summed E-state index contributed by atoms with van der Waals surface area (Å²) in [6.07, 6.45) is 1.06. The number of amides is 3. The Balaban J connectivity index is 2.04. The van der Waals surface area contributed by atoms with Gasteiger partial charge in [0.05, 0.1) is 19.1 Å². The molecule has 0 fully saturated rings. The lowest BCUT2D eigenvalue weighted by molar-refractivity contribution is -0.147. The van der Waals surface area contributed by atoms with E-state index in [1.165, 1.54) is 0 Å². The molecule has 0 saturated carbocycles. The normalized spacial score (nSPS) is 14.5. The number of benzene rings is 1. The number of H-pyrrole nitrogens is 1. The second-order valence-corrected chi connectivity index (χ2v) is 8.64. The van der Waals surface area contributed by atoms with E-state index >= 15 is 0 Å². The van der Waals surface area contributed by atoms with Crippen LogP contribution in [0.25, 0.3) is 10.9 Å². The first-order valence-corrected chi connectivity index (χ1v) is 11.2. The van der Waals surface area contributed by atoms with Gasteiger partial charge in [-0.2, -0.15) is 0 Å². The van der Waals surface area contributed by atoms with E-state index in [9.17, 15) is 29.1 Å². The first kappa shape index (κ1) is 28.3. The molecule has 0 spiro atoms. The third-order valence-electron chi connectivity index (χ3n) is 5.51. The van der Waals surface area contributed by atoms with Crippen LogP contribution >= 0.6 is 0 Å². The van der Waals surface area contributed by atoms with Gasteiger partial charge < -0.3 is 42.0 Å². The van der Waals surface area contributed by atoms with Gasteiger partial charge in [-0.1, -0.05) is 32.0 Å². The zero-order chi connectivity index (χ0) is 27.0. The van der Waals surface area contributed by atoms with Crippen LogP contribution < -0.4 is 21.7 Å². The maximum absolute atomic E-state index is 12.8. The monoisotopic (exact) mass is 505 g/mol. The first-order valence-electron chi connectivity index (χ1n) is 11.2. The minimum Gasteiger partial charge on any atom is -0.481 e. The average Bonchev–Trinajstić information content (AvgIpc) is 3.22. The Morgan fingerprint density at radius 3 is 2.17 bits per heavy atom. The Morgan fingerprint density at radius 2 is 1.58 bits per heavy atom. The van der Waals surface area contributed by atoms with E-state index < -0.39 is 72.8 Å². The molecule has 196 valence electrons. The molecule has 2 rings (SSSR count). The van der Waals surface area contributed by atoms with Crippen LogP contribution in [0.15, 0.2) is 30.5 Å². The maximum atomic E-state index is 12.8. The summed E-state index contributed by atoms with van der Waals surface area (Å²) >= 11 is 0. The molecule has 2 aromatic rings. The van der Waals surface area contributed by atoms with E-state index in [0.29, 0.717) is 0 Å². The molecule has 0 radical (unpaired) electrons. The molecular formula is C23H31N5O8. The van der Waals surface area contributed by atoms with Gasteiger partial charge in [-0.25, -0.2) is 4.79 Å². The molecule has 0 aliphatic heterocycles. The third kappa shape index (κ3) is 7.52. The number of aliphatic carboxylic acids is 2. The summed E-state index contributed by atoms with van der Waals surface area (Å²) in [6, 6.07) is 2.06. The number of carboxylic acid groups (broad SMARTS) is 2. The number of carbonyl (C=O) groups excluding carboxylic acids is 3. The molecule has 1 aromatic heterocycles. The minimum atomic E-state index is -1.76. The summed E-state index contributed by atoms with van der Waals surface area (Å²) in [5.74, 6) is -5.99. The number of carboxylic acids is 2. The number of rotatable bonds is 13. The lowest BCUT2D eigenvalue weighted by Gasteiger charge is -2.26. The molecule has 1 heterocycles. The summed E-state index contributed by atoms with van der Waals surface area (Å²) in [7, 11) is 0. The van der Waals surface area contributed by atoms with Gasteiger partial charge >= 0.3 is 11.9 Å². The minimum absolute atomic E-state index is 0.199. The van der Waals surface area contributed by atoms with E-state index in [4.69, 9.17) is 15.9 Å². The second kappa shape index (κ2) is 12.7. The molecule has 0 aliphatic carbocycles. The molecule has 4 atom stereocenters. The SMILES string of the molecule is CC(C)C(NC(=O)C(N)Cc1c[nH]c2ccccc12)C(=O)NC(CO)C(=O)NC(CC(=O)O)C(=O)O. The number of carbonyl (C=O) groups is 5. The topological polar surface area (TPSA) is 224 Å². The molecule has 13 nitrogen and oxygen atoms in total. The summed E-state index contributed by atoms with van der Waals surface area (Å²) in [5.41, 5.74) is 7.80. The van der Waals surface area contributed by atoms with Gasteiger partial charge in [-0.05, 0) is 24.0 Å². The number of fused-ring (bicyclic) bond motifs is 1. The largest absolute Gasteiger partial charge is 0.481 e. The fraction of sp³-hybridized carbons (Fsp3) is 0.435. The smallest absolute Gasteiger partial charge is 0.326 e. The molecule has 0 aliphatic rings. The van der Waals surface area contributed by atoms with Crippen molar-refractivity contribution in [2.75, 3.05) is 6.61 Å². The standard InChI is InChI=1S/C23H31N5O8/c1-11(2)19(22(34)27-17(10-29)21(33)26-16(23(35)36)8-18(30)31)28-20(32)14(24)7-12-9-25-15-6-4-3-5-13(12)15/h3-6,9,11,14,16-17,19,25,29H,7-8,10,24H2,1-2H3,(H,26,33)(H,27,34)(H,28,32)(H,30,31)(H,35,36). The highest BCUT2D eigenvalue weighted by molar-refractivity contribution is 5.95. The van der Waals surface area contributed by atoms with Crippen molar-refractivity contribution in [3.05, 3.63) is 36.0 Å². The van der Waals surface area contributed by atoms with Crippen LogP contribution in [-0.2, 0) is 30.4 Å². The predicted octanol–water partition coefficient (Wildman–Crippen LogP) is -1.30. The van der Waals surface area contributed by atoms with Crippen molar-refractivity contribution in [2.24, 2.45) is 11.7 Å². The Labute approximate surface area is 206 Å². The number of aromatic nitrogens is 1. The van der Waals surface area contributed by atoms with Crippen molar-refractivity contribution >= 4 is 40.6 Å². The summed E-state index contributed by atoms with van der Waals surface area (Å²) in [6.45, 7) is 2.41. The molecule has 9 N–H and O–H groups in total. The van der Waals surface area contributed by atoms with E-state index in [0.717, 1.165) is 16.5 Å². The van der Waals surface area contributed by atoms with E-state index in [1.54, 1.807) is 20.0 Å². The van der Waals surface area contributed by atoms with Gasteiger partial charge in [-0.15, -0.1) is 0 Å². The Hall–Kier alpha value is -3.97. The molecular weight excluding hydrogens is 474 g/mol. The van der Waals surface area contributed by atoms with E-state index in [2.05, 4.69) is 15.6 Å². The van der Waals surface area contributed by atoms with Crippen molar-refractivity contribution in [1.29, 1.82) is 0 Å². The number of aliphatic hydroxyl groups is 1. The van der Waals surface area contributed by atoms with Gasteiger partial charge in [0.2, 0.25) is 17.7 Å².